The number of nitrogens with one attached hydrogen (secondary N) is 1. The summed E-state index contributed by atoms with van der Waals surface area (Å²) in [4.78, 5) is 26.7. The molecule has 1 unspecified atom stereocenters. The summed E-state index contributed by atoms with van der Waals surface area (Å²) < 4.78 is 11.3. The molecule has 0 aromatic heterocycles. The van der Waals surface area contributed by atoms with Crippen molar-refractivity contribution in [1.82, 2.24) is 10.2 Å². The Bertz CT molecular complexity index is 905. The summed E-state index contributed by atoms with van der Waals surface area (Å²) in [5.41, 5.74) is 2.32. The molecule has 1 atom stereocenters. The Balaban J connectivity index is 1.40. The van der Waals surface area contributed by atoms with E-state index in [1.54, 1.807) is 24.0 Å². The molecule has 7 nitrogen and oxygen atoms in total. The van der Waals surface area contributed by atoms with Gasteiger partial charge in [0, 0.05) is 19.1 Å². The van der Waals surface area contributed by atoms with E-state index in [4.69, 9.17) is 9.47 Å². The molecular weight excluding hydrogens is 396 g/mol. The van der Waals surface area contributed by atoms with Crippen molar-refractivity contribution < 1.29 is 24.2 Å². The lowest BCUT2D eigenvalue weighted by atomic mass is 10.0. The number of benzene rings is 2. The first-order valence-electron chi connectivity index (χ1n) is 10.6. The number of aryl methyl sites for hydroxylation is 2. The van der Waals surface area contributed by atoms with E-state index in [0.29, 0.717) is 37.4 Å². The van der Waals surface area contributed by atoms with Gasteiger partial charge in [-0.25, -0.2) is 0 Å². The lowest BCUT2D eigenvalue weighted by Gasteiger charge is -2.32. The van der Waals surface area contributed by atoms with Gasteiger partial charge in [-0.2, -0.15) is 0 Å². The minimum absolute atomic E-state index is 0.00286. The van der Waals surface area contributed by atoms with E-state index < -0.39 is 6.10 Å². The number of carbonyl (C=O) groups excluding carboxylic acids is 2. The van der Waals surface area contributed by atoms with Crippen molar-refractivity contribution in [3.05, 3.63) is 53.6 Å². The van der Waals surface area contributed by atoms with E-state index in [9.17, 15) is 14.7 Å². The van der Waals surface area contributed by atoms with E-state index in [0.717, 1.165) is 5.56 Å². The zero-order chi connectivity index (χ0) is 22.4. The fourth-order valence-electron chi connectivity index (χ4n) is 3.41. The van der Waals surface area contributed by atoms with E-state index in [1.165, 1.54) is 17.7 Å². The van der Waals surface area contributed by atoms with Crippen LogP contribution in [0.3, 0.4) is 0 Å². The second-order valence-electron chi connectivity index (χ2n) is 7.95. The Kier molecular flexibility index (Phi) is 7.39. The minimum atomic E-state index is -0.657. The van der Waals surface area contributed by atoms with Gasteiger partial charge in [0.05, 0.1) is 0 Å². The van der Waals surface area contributed by atoms with Gasteiger partial charge in [0.2, 0.25) is 0 Å². The summed E-state index contributed by atoms with van der Waals surface area (Å²) in [6.45, 7) is 6.90. The molecule has 1 heterocycles. The molecule has 3 rings (SSSR count). The predicted molar refractivity (Wildman–Crippen MR) is 117 cm³/mol. The average Bonchev–Trinajstić information content (AvgIpc) is 2.76. The van der Waals surface area contributed by atoms with E-state index in [-0.39, 0.29) is 30.2 Å². The number of likely N-dealkylation sites (tertiary alicyclic amines) is 1. The Morgan fingerprint density at radius 3 is 2.35 bits per heavy atom. The molecule has 2 aromatic rings. The van der Waals surface area contributed by atoms with Crippen LogP contribution in [0.25, 0.3) is 0 Å². The highest BCUT2D eigenvalue weighted by Gasteiger charge is 2.26. The average molecular weight is 427 g/mol. The van der Waals surface area contributed by atoms with Crippen molar-refractivity contribution >= 4 is 11.8 Å². The first-order chi connectivity index (χ1) is 14.8. The van der Waals surface area contributed by atoms with Crippen LogP contribution in [0.15, 0.2) is 42.5 Å². The lowest BCUT2D eigenvalue weighted by molar-refractivity contribution is -0.134. The number of aromatic hydroxyl groups is 1. The quantitative estimate of drug-likeness (QED) is 0.711. The fraction of sp³-hybridized carbons (Fsp3) is 0.417. The van der Waals surface area contributed by atoms with Crippen LogP contribution in [-0.4, -0.2) is 53.7 Å². The SMILES string of the molecule is Cc1ccc(OCC(=O)N2CCC(NC(=O)C(C)Oc3ccc(O)cc3)CC2)cc1C. The van der Waals surface area contributed by atoms with Crippen LogP contribution < -0.4 is 14.8 Å². The van der Waals surface area contributed by atoms with E-state index in [2.05, 4.69) is 5.32 Å². The Morgan fingerprint density at radius 2 is 1.71 bits per heavy atom. The summed E-state index contributed by atoms with van der Waals surface area (Å²) in [5.74, 6) is 1.11. The number of carbonyl (C=O) groups is 2. The lowest BCUT2D eigenvalue weighted by Crippen LogP contribution is -2.50. The molecule has 0 radical (unpaired) electrons. The first kappa shape index (κ1) is 22.5. The second-order valence-corrected chi connectivity index (χ2v) is 7.95. The van der Waals surface area contributed by atoms with Crippen LogP contribution in [0, 0.1) is 13.8 Å². The Labute approximate surface area is 183 Å². The van der Waals surface area contributed by atoms with Crippen molar-refractivity contribution in [2.24, 2.45) is 0 Å². The molecule has 2 amide bonds. The highest BCUT2D eigenvalue weighted by molar-refractivity contribution is 5.81. The second kappa shape index (κ2) is 10.2. The van der Waals surface area contributed by atoms with Crippen molar-refractivity contribution in [1.29, 1.82) is 0 Å². The zero-order valence-corrected chi connectivity index (χ0v) is 18.3. The van der Waals surface area contributed by atoms with Gasteiger partial charge in [-0.1, -0.05) is 6.07 Å². The maximum absolute atomic E-state index is 12.5. The molecule has 0 bridgehead atoms. The molecule has 1 saturated heterocycles. The van der Waals surface area contributed by atoms with Crippen LogP contribution in [0.5, 0.6) is 17.2 Å². The fourth-order valence-corrected chi connectivity index (χ4v) is 3.41. The standard InChI is InChI=1S/C24H30N2O5/c1-16-4-7-22(14-17(16)2)30-15-23(28)26-12-10-19(11-13-26)25-24(29)18(3)31-21-8-5-20(27)6-9-21/h4-9,14,18-19,27H,10-13,15H2,1-3H3,(H,25,29). The highest BCUT2D eigenvalue weighted by atomic mass is 16.5. The summed E-state index contributed by atoms with van der Waals surface area (Å²) >= 11 is 0. The number of hydrogen-bond donors (Lipinski definition) is 2. The van der Waals surface area contributed by atoms with Gasteiger partial charge < -0.3 is 24.8 Å². The number of rotatable bonds is 7. The maximum Gasteiger partial charge on any atom is 0.260 e. The molecule has 7 heteroatoms. The minimum Gasteiger partial charge on any atom is -0.508 e. The van der Waals surface area contributed by atoms with Crippen molar-refractivity contribution in [2.75, 3.05) is 19.7 Å². The zero-order valence-electron chi connectivity index (χ0n) is 18.3. The normalized spacial score (nSPS) is 15.3. The molecule has 2 aromatic carbocycles. The summed E-state index contributed by atoms with van der Waals surface area (Å²) in [5, 5.41) is 12.3. The monoisotopic (exact) mass is 426 g/mol. The van der Waals surface area contributed by atoms with Crippen LogP contribution >= 0.6 is 0 Å². The van der Waals surface area contributed by atoms with Gasteiger partial charge in [0.25, 0.3) is 11.8 Å². The molecule has 0 aliphatic carbocycles. The van der Waals surface area contributed by atoms with Crippen molar-refractivity contribution in [3.63, 3.8) is 0 Å². The largest absolute Gasteiger partial charge is 0.508 e. The van der Waals surface area contributed by atoms with Crippen LogP contribution in [0.1, 0.15) is 30.9 Å². The molecule has 31 heavy (non-hydrogen) atoms. The number of hydrogen-bond acceptors (Lipinski definition) is 5. The topological polar surface area (TPSA) is 88.1 Å². The van der Waals surface area contributed by atoms with Gasteiger partial charge in [-0.3, -0.25) is 9.59 Å². The summed E-state index contributed by atoms with van der Waals surface area (Å²) in [7, 11) is 0. The van der Waals surface area contributed by atoms with Gasteiger partial charge in [0.1, 0.15) is 17.2 Å². The Hall–Kier alpha value is -3.22. The van der Waals surface area contributed by atoms with Crippen molar-refractivity contribution in [3.8, 4) is 17.2 Å². The molecular formula is C24H30N2O5. The highest BCUT2D eigenvalue weighted by Crippen LogP contribution is 2.19. The molecule has 0 spiro atoms. The Morgan fingerprint density at radius 1 is 1.06 bits per heavy atom. The van der Waals surface area contributed by atoms with Crippen LogP contribution in [-0.2, 0) is 9.59 Å². The molecule has 0 saturated carbocycles. The van der Waals surface area contributed by atoms with Gasteiger partial charge in [0.15, 0.2) is 12.7 Å². The van der Waals surface area contributed by atoms with Gasteiger partial charge in [-0.05, 0) is 81.1 Å². The first-order valence-corrected chi connectivity index (χ1v) is 10.6. The third kappa shape index (κ3) is 6.38. The number of ether oxygens (including phenoxy) is 2. The number of piperidine rings is 1. The molecule has 1 aliphatic heterocycles. The smallest absolute Gasteiger partial charge is 0.260 e. The van der Waals surface area contributed by atoms with Crippen LogP contribution in [0.4, 0.5) is 0 Å². The third-order valence-corrected chi connectivity index (χ3v) is 5.55. The summed E-state index contributed by atoms with van der Waals surface area (Å²) in [6, 6.07) is 12.0. The summed E-state index contributed by atoms with van der Waals surface area (Å²) in [6.07, 6.45) is 0.718. The number of phenols is 1. The van der Waals surface area contributed by atoms with Crippen molar-refractivity contribution in [2.45, 2.75) is 45.8 Å². The maximum atomic E-state index is 12.5. The van der Waals surface area contributed by atoms with Crippen LogP contribution in [0.2, 0.25) is 0 Å². The number of phenolic OH excluding ortho intramolecular Hbond substituents is 1. The predicted octanol–water partition coefficient (Wildman–Crippen LogP) is 2.96. The molecule has 1 fully saturated rings. The van der Waals surface area contributed by atoms with Gasteiger partial charge in [-0.15, -0.1) is 0 Å². The van der Waals surface area contributed by atoms with E-state index >= 15 is 0 Å². The molecule has 1 aliphatic rings. The molecule has 2 N–H and O–H groups in total. The van der Waals surface area contributed by atoms with Gasteiger partial charge >= 0.3 is 0 Å². The number of nitrogens with zero attached hydrogens (tertiary/aromatic N) is 1. The van der Waals surface area contributed by atoms with E-state index in [1.807, 2.05) is 32.0 Å². The number of amides is 2. The third-order valence-electron chi connectivity index (χ3n) is 5.55. The molecule has 166 valence electrons.